The molecule has 0 aliphatic carbocycles. The molecule has 4 heteroatoms. The van der Waals surface area contributed by atoms with Gasteiger partial charge in [-0.1, -0.05) is 0 Å². The van der Waals surface area contributed by atoms with Crippen molar-refractivity contribution in [1.82, 2.24) is 5.32 Å². The number of hydrogen-bond donors (Lipinski definition) is 1. The van der Waals surface area contributed by atoms with Gasteiger partial charge in [-0.3, -0.25) is 0 Å². The molecule has 0 amide bonds. The number of piperidine rings is 1. The molecule has 2 heterocycles. The highest BCUT2D eigenvalue weighted by molar-refractivity contribution is 4.92. The smallest absolute Gasteiger partial charge is 0.251 e. The molecule has 0 spiro atoms. The Morgan fingerprint density at radius 2 is 1.73 bits per heavy atom. The number of morpholine rings is 1. The largest absolute Gasteiger partial charge is 0.378 e. The van der Waals surface area contributed by atoms with Crippen molar-refractivity contribution in [3.05, 3.63) is 0 Å². The Balaban J connectivity index is 2.05. The first kappa shape index (κ1) is 7.43. The topological polar surface area (TPSA) is 21.3 Å². The fraction of sp³-hybridized carbons (Fsp3) is 1.00. The summed E-state index contributed by atoms with van der Waals surface area (Å²) in [6.07, 6.45) is -0.132. The van der Waals surface area contributed by atoms with E-state index in [1.54, 1.807) is 0 Å². The first-order valence-corrected chi connectivity index (χ1v) is 3.87. The van der Waals surface area contributed by atoms with E-state index in [4.69, 9.17) is 4.74 Å². The average molecular weight is 163 g/mol. The summed E-state index contributed by atoms with van der Waals surface area (Å²) in [5, 5.41) is 3.10. The molecule has 2 nitrogen and oxygen atoms in total. The summed E-state index contributed by atoms with van der Waals surface area (Å²) < 4.78 is 30.8. The van der Waals surface area contributed by atoms with Gasteiger partial charge in [0.1, 0.15) is 0 Å². The SMILES string of the molecule is FC1(F)C[C@H]2COC[C@@H](C1)N2. The van der Waals surface area contributed by atoms with Gasteiger partial charge >= 0.3 is 0 Å². The zero-order chi connectivity index (χ0) is 7.90. The molecule has 1 N–H and O–H groups in total. The second-order valence-electron chi connectivity index (χ2n) is 3.36. The summed E-state index contributed by atoms with van der Waals surface area (Å²) in [4.78, 5) is 0. The zero-order valence-corrected chi connectivity index (χ0v) is 6.15. The lowest BCUT2D eigenvalue weighted by Crippen LogP contribution is -2.57. The van der Waals surface area contributed by atoms with Crippen molar-refractivity contribution in [2.24, 2.45) is 0 Å². The summed E-state index contributed by atoms with van der Waals surface area (Å²) in [6, 6.07) is -0.255. The monoisotopic (exact) mass is 163 g/mol. The van der Waals surface area contributed by atoms with E-state index in [1.165, 1.54) is 0 Å². The molecule has 2 saturated heterocycles. The van der Waals surface area contributed by atoms with Gasteiger partial charge in [0.2, 0.25) is 0 Å². The Morgan fingerprint density at radius 3 is 2.27 bits per heavy atom. The van der Waals surface area contributed by atoms with Crippen molar-refractivity contribution in [2.75, 3.05) is 13.2 Å². The van der Waals surface area contributed by atoms with Gasteiger partial charge in [0.05, 0.1) is 13.2 Å². The third-order valence-corrected chi connectivity index (χ3v) is 2.20. The van der Waals surface area contributed by atoms with E-state index in [1.807, 2.05) is 0 Å². The number of hydrogen-bond acceptors (Lipinski definition) is 2. The lowest BCUT2D eigenvalue weighted by molar-refractivity contribution is -0.100. The van der Waals surface area contributed by atoms with Gasteiger partial charge in [-0.15, -0.1) is 0 Å². The zero-order valence-electron chi connectivity index (χ0n) is 6.15. The van der Waals surface area contributed by atoms with Crippen molar-refractivity contribution in [3.8, 4) is 0 Å². The minimum Gasteiger partial charge on any atom is -0.378 e. The molecular weight excluding hydrogens is 152 g/mol. The molecular formula is C7H11F2NO. The molecule has 2 rings (SSSR count). The first-order chi connectivity index (χ1) is 5.16. The fourth-order valence-electron chi connectivity index (χ4n) is 1.82. The van der Waals surface area contributed by atoms with Crippen LogP contribution in [0.3, 0.4) is 0 Å². The molecule has 0 aromatic carbocycles. The summed E-state index contributed by atoms with van der Waals surface area (Å²) in [7, 11) is 0. The van der Waals surface area contributed by atoms with Crippen molar-refractivity contribution in [3.63, 3.8) is 0 Å². The molecule has 11 heavy (non-hydrogen) atoms. The summed E-state index contributed by atoms with van der Waals surface area (Å²) in [5.41, 5.74) is 0. The van der Waals surface area contributed by atoms with Gasteiger partial charge in [0, 0.05) is 24.9 Å². The number of fused-ring (bicyclic) bond motifs is 2. The predicted molar refractivity (Wildman–Crippen MR) is 35.7 cm³/mol. The van der Waals surface area contributed by atoms with Crippen LogP contribution in [-0.2, 0) is 4.74 Å². The van der Waals surface area contributed by atoms with Crippen molar-refractivity contribution in [2.45, 2.75) is 30.8 Å². The van der Waals surface area contributed by atoms with Gasteiger partial charge in [-0.2, -0.15) is 0 Å². The number of nitrogens with one attached hydrogen (secondary N) is 1. The Hall–Kier alpha value is -0.220. The van der Waals surface area contributed by atoms with Crippen LogP contribution < -0.4 is 5.32 Å². The average Bonchev–Trinajstić information content (AvgIpc) is 1.82. The maximum atomic E-state index is 12.8. The molecule has 2 bridgehead atoms. The van der Waals surface area contributed by atoms with E-state index < -0.39 is 5.92 Å². The highest BCUT2D eigenvalue weighted by Crippen LogP contribution is 2.32. The number of rotatable bonds is 0. The van der Waals surface area contributed by atoms with Crippen molar-refractivity contribution < 1.29 is 13.5 Å². The minimum atomic E-state index is -2.47. The van der Waals surface area contributed by atoms with Crippen LogP contribution in [0.15, 0.2) is 0 Å². The van der Waals surface area contributed by atoms with Gasteiger partial charge in [0.15, 0.2) is 0 Å². The van der Waals surface area contributed by atoms with Crippen LogP contribution in [0.5, 0.6) is 0 Å². The van der Waals surface area contributed by atoms with Crippen LogP contribution in [0, 0.1) is 0 Å². The molecule has 2 aliphatic rings. The summed E-state index contributed by atoms with van der Waals surface area (Å²) in [6.45, 7) is 0.873. The normalized spacial score (nSPS) is 42.0. The molecule has 2 aliphatic heterocycles. The number of alkyl halides is 2. The fourth-order valence-corrected chi connectivity index (χ4v) is 1.82. The third kappa shape index (κ3) is 1.51. The predicted octanol–water partition coefficient (Wildman–Crippen LogP) is 0.772. The van der Waals surface area contributed by atoms with Crippen LogP contribution >= 0.6 is 0 Å². The van der Waals surface area contributed by atoms with E-state index in [9.17, 15) is 8.78 Å². The Labute approximate surface area is 63.9 Å². The molecule has 0 saturated carbocycles. The van der Waals surface area contributed by atoms with E-state index in [0.29, 0.717) is 13.2 Å². The molecule has 0 radical (unpaired) electrons. The standard InChI is InChI=1S/C7H11F2NO/c8-7(9)1-5-3-11-4-6(2-7)10-5/h5-6,10H,1-4H2/t5-,6+. The highest BCUT2D eigenvalue weighted by atomic mass is 19.3. The van der Waals surface area contributed by atoms with Crippen LogP contribution in [-0.4, -0.2) is 31.2 Å². The highest BCUT2D eigenvalue weighted by Gasteiger charge is 2.42. The second-order valence-corrected chi connectivity index (χ2v) is 3.36. The lowest BCUT2D eigenvalue weighted by Gasteiger charge is -2.39. The summed E-state index contributed by atoms with van der Waals surface area (Å²) in [5.74, 6) is -2.47. The molecule has 0 aromatic heterocycles. The minimum absolute atomic E-state index is 0.0660. The Kier molecular flexibility index (Phi) is 1.61. The number of halogens is 2. The van der Waals surface area contributed by atoms with Gasteiger partial charge in [-0.25, -0.2) is 8.78 Å². The van der Waals surface area contributed by atoms with E-state index >= 15 is 0 Å². The maximum absolute atomic E-state index is 12.8. The van der Waals surface area contributed by atoms with E-state index in [0.717, 1.165) is 0 Å². The maximum Gasteiger partial charge on any atom is 0.251 e. The Bertz CT molecular complexity index is 149. The van der Waals surface area contributed by atoms with Gasteiger partial charge < -0.3 is 10.1 Å². The summed E-state index contributed by atoms with van der Waals surface area (Å²) >= 11 is 0. The van der Waals surface area contributed by atoms with Crippen molar-refractivity contribution in [1.29, 1.82) is 0 Å². The molecule has 0 unspecified atom stereocenters. The first-order valence-electron chi connectivity index (χ1n) is 3.87. The molecule has 64 valence electrons. The van der Waals surface area contributed by atoms with Crippen LogP contribution in [0.2, 0.25) is 0 Å². The quantitative estimate of drug-likeness (QED) is 0.569. The van der Waals surface area contributed by atoms with E-state index in [2.05, 4.69) is 5.32 Å². The molecule has 2 atom stereocenters. The van der Waals surface area contributed by atoms with Crippen LogP contribution in [0.1, 0.15) is 12.8 Å². The van der Waals surface area contributed by atoms with Crippen LogP contribution in [0.25, 0.3) is 0 Å². The van der Waals surface area contributed by atoms with Crippen LogP contribution in [0.4, 0.5) is 8.78 Å². The number of ether oxygens (including phenoxy) is 1. The Morgan fingerprint density at radius 1 is 1.18 bits per heavy atom. The third-order valence-electron chi connectivity index (χ3n) is 2.20. The lowest BCUT2D eigenvalue weighted by atomic mass is 9.94. The molecule has 2 fully saturated rings. The van der Waals surface area contributed by atoms with E-state index in [-0.39, 0.29) is 24.9 Å². The second kappa shape index (κ2) is 2.38. The van der Waals surface area contributed by atoms with Gasteiger partial charge in [-0.05, 0) is 0 Å². The molecule has 0 aromatic rings. The van der Waals surface area contributed by atoms with Crippen molar-refractivity contribution >= 4 is 0 Å². The van der Waals surface area contributed by atoms with Gasteiger partial charge in [0.25, 0.3) is 5.92 Å².